The van der Waals surface area contributed by atoms with Crippen molar-refractivity contribution in [1.82, 2.24) is 34.4 Å². The Labute approximate surface area is 452 Å². The average Bonchev–Trinajstić information content (AvgIpc) is 2.09. The molecule has 1 saturated carbocycles. The zero-order valence-corrected chi connectivity index (χ0v) is 44.1. The fourth-order valence-electron chi connectivity index (χ4n) is 13.6. The molecule has 21 nitrogen and oxygen atoms in total. The SMILES string of the molecule is O=C(O)CN1CCN(CC(=O)O)CCN(CC(=O)O)C(Cc2ccc(NC(=O)CCCCCNC(=O)Cn3c4c(c5ccccc53)C[C@@]3(O)C5Cc6ccc(O)c7c6C3(CCN5CC3CC3)C4O7)cc2)CN(CC(O)O)CC1. The Kier molecular flexibility index (Phi) is 16.5. The predicted molar refractivity (Wildman–Crippen MR) is 286 cm³/mol. The number of aliphatic carboxylic acids is 3. The van der Waals surface area contributed by atoms with Crippen molar-refractivity contribution in [1.29, 1.82) is 0 Å². The maximum atomic E-state index is 13.9. The minimum absolute atomic E-state index is 0.0494. The number of hydrogen-bond donors (Lipinski definition) is 9. The van der Waals surface area contributed by atoms with Gasteiger partial charge in [-0.3, -0.25) is 48.5 Å². The van der Waals surface area contributed by atoms with Crippen LogP contribution in [0.4, 0.5) is 5.69 Å². The van der Waals surface area contributed by atoms with Gasteiger partial charge in [0.25, 0.3) is 0 Å². The summed E-state index contributed by atoms with van der Waals surface area (Å²) in [6, 6.07) is 18.4. The second-order valence-corrected chi connectivity index (χ2v) is 22.6. The molecule has 0 radical (unpaired) electrons. The number of aromatic nitrogens is 1. The summed E-state index contributed by atoms with van der Waals surface area (Å²) >= 11 is 0. The molecule has 3 aliphatic carbocycles. The lowest BCUT2D eigenvalue weighted by atomic mass is 9.49. The Bertz CT molecular complexity index is 2880. The third-order valence-electron chi connectivity index (χ3n) is 17.4. The number of carbonyl (C=O) groups is 5. The molecule has 4 unspecified atom stereocenters. The number of phenolic OH excluding ortho intramolecular Hbond substituents is 1. The van der Waals surface area contributed by atoms with Crippen LogP contribution in [0.15, 0.2) is 60.7 Å². The zero-order valence-electron chi connectivity index (χ0n) is 44.1. The quantitative estimate of drug-likeness (QED) is 0.0427. The number of unbranched alkanes of at least 4 members (excludes halogenated alkanes) is 2. The molecule has 6 aliphatic rings. The first kappa shape index (κ1) is 55.2. The molecule has 2 saturated heterocycles. The smallest absolute Gasteiger partial charge is 0.317 e. The number of likely N-dealkylation sites (tertiary alicyclic amines) is 1. The van der Waals surface area contributed by atoms with Gasteiger partial charge in [-0.15, -0.1) is 0 Å². The van der Waals surface area contributed by atoms with E-state index in [2.05, 4.69) is 26.2 Å². The van der Waals surface area contributed by atoms with Crippen LogP contribution < -0.4 is 15.4 Å². The standard InChI is InChI=1S/C57H74N8O13/c66-44-16-13-38-27-45-57(77)28-42-41-6-3-4-7-43(41)65(53(42)55-56(57,52(38)54(44)78-55)17-19-64(45)29-37-9-10-37)31-47(68)58-18-5-1-2-8-46(67)59-39-14-11-36(12-15-39)26-40-30-62(34-50(73)74)23-22-60(32-48(69)70)20-21-61(33-49(71)72)24-25-63(40)35-51(75)76/h3-4,6-7,11-16,37,40,45,50,55,66,73-74,77H,1-2,5,8-10,17-35H2,(H,58,68)(H,59,67)(H,69,70)(H,71,72)(H,75,76)/t40?,45?,55?,56?,57-/m1/s1. The number of para-hydroxylation sites is 1. The van der Waals surface area contributed by atoms with Gasteiger partial charge in [-0.1, -0.05) is 42.8 Å². The number of amides is 2. The molecular formula is C57H74N8O13. The van der Waals surface area contributed by atoms with Crippen LogP contribution in [0.3, 0.4) is 0 Å². The second kappa shape index (κ2) is 23.3. The van der Waals surface area contributed by atoms with Gasteiger partial charge in [0.1, 0.15) is 6.54 Å². The minimum Gasteiger partial charge on any atom is -0.504 e. The highest BCUT2D eigenvalue weighted by atomic mass is 16.5. The highest BCUT2D eigenvalue weighted by molar-refractivity contribution is 5.91. The number of fused-ring (bicyclic) bond motifs is 4. The van der Waals surface area contributed by atoms with Gasteiger partial charge >= 0.3 is 17.9 Å². The minimum atomic E-state index is -1.70. The third-order valence-corrected chi connectivity index (χ3v) is 17.4. The van der Waals surface area contributed by atoms with E-state index in [1.807, 2.05) is 36.4 Å². The summed E-state index contributed by atoms with van der Waals surface area (Å²) in [5.74, 6) is -2.36. The van der Waals surface area contributed by atoms with Crippen LogP contribution in [0.5, 0.6) is 11.5 Å². The number of carboxylic acid groups (broad SMARTS) is 3. The van der Waals surface area contributed by atoms with Gasteiger partial charge in [0.2, 0.25) is 11.8 Å². The maximum absolute atomic E-state index is 13.9. The van der Waals surface area contributed by atoms with Crippen molar-refractivity contribution in [2.75, 3.05) is 96.9 Å². The van der Waals surface area contributed by atoms with Gasteiger partial charge in [0, 0.05) is 113 Å². The molecule has 21 heteroatoms. The Morgan fingerprint density at radius 3 is 2.13 bits per heavy atom. The summed E-state index contributed by atoms with van der Waals surface area (Å²) in [4.78, 5) is 72.0. The summed E-state index contributed by atoms with van der Waals surface area (Å²) in [5.41, 5.74) is 4.29. The van der Waals surface area contributed by atoms with E-state index in [9.17, 15) is 59.7 Å². The molecule has 10 rings (SSSR count). The molecule has 1 spiro atoms. The number of rotatable bonds is 21. The van der Waals surface area contributed by atoms with Crippen molar-refractivity contribution in [3.05, 3.63) is 88.6 Å². The van der Waals surface area contributed by atoms with E-state index in [0.29, 0.717) is 68.8 Å². The van der Waals surface area contributed by atoms with Crippen LogP contribution in [0.2, 0.25) is 0 Å². The summed E-state index contributed by atoms with van der Waals surface area (Å²) in [5, 5.41) is 80.8. The van der Waals surface area contributed by atoms with Gasteiger partial charge in [0.15, 0.2) is 23.9 Å². The van der Waals surface area contributed by atoms with Crippen LogP contribution in [0.1, 0.15) is 79.0 Å². The van der Waals surface area contributed by atoms with Crippen LogP contribution in [0.25, 0.3) is 10.9 Å². The zero-order chi connectivity index (χ0) is 54.9. The van der Waals surface area contributed by atoms with Crippen LogP contribution >= 0.6 is 0 Å². The van der Waals surface area contributed by atoms with Crippen molar-refractivity contribution in [2.45, 2.75) is 106 Å². The molecule has 4 aromatic rings. The van der Waals surface area contributed by atoms with Gasteiger partial charge in [-0.2, -0.15) is 0 Å². The molecule has 2 bridgehead atoms. The molecule has 420 valence electrons. The molecule has 78 heavy (non-hydrogen) atoms. The summed E-state index contributed by atoms with van der Waals surface area (Å²) in [7, 11) is 0. The third kappa shape index (κ3) is 11.6. The number of carboxylic acids is 3. The number of nitrogens with zero attached hydrogens (tertiary/aromatic N) is 6. The summed E-state index contributed by atoms with van der Waals surface area (Å²) < 4.78 is 8.95. The van der Waals surface area contributed by atoms with Gasteiger partial charge in [-0.05, 0) is 98.4 Å². The molecule has 1 aromatic heterocycles. The van der Waals surface area contributed by atoms with Crippen molar-refractivity contribution in [3.63, 3.8) is 0 Å². The van der Waals surface area contributed by atoms with Crippen molar-refractivity contribution < 1.29 is 64.5 Å². The summed E-state index contributed by atoms with van der Waals surface area (Å²) in [6.07, 6.45) is 4.46. The maximum Gasteiger partial charge on any atom is 0.317 e. The lowest BCUT2D eigenvalue weighted by Crippen LogP contribution is -2.74. The highest BCUT2D eigenvalue weighted by Gasteiger charge is 2.73. The number of aliphatic hydroxyl groups excluding tert-OH is 1. The van der Waals surface area contributed by atoms with Crippen LogP contribution in [0, 0.1) is 5.92 Å². The second-order valence-electron chi connectivity index (χ2n) is 22.6. The van der Waals surface area contributed by atoms with E-state index in [1.54, 1.807) is 37.8 Å². The number of phenols is 1. The van der Waals surface area contributed by atoms with E-state index in [0.717, 1.165) is 51.9 Å². The molecule has 9 N–H and O–H groups in total. The van der Waals surface area contributed by atoms with Crippen molar-refractivity contribution >= 4 is 46.3 Å². The molecule has 2 amide bonds. The number of aromatic hydroxyl groups is 1. The first-order chi connectivity index (χ1) is 37.5. The average molecular weight is 1080 g/mol. The summed E-state index contributed by atoms with van der Waals surface area (Å²) in [6.45, 7) is 2.66. The van der Waals surface area contributed by atoms with E-state index in [1.165, 1.54) is 12.8 Å². The van der Waals surface area contributed by atoms with E-state index in [-0.39, 0.29) is 109 Å². The van der Waals surface area contributed by atoms with Gasteiger partial charge in [-0.25, -0.2) is 0 Å². The number of nitrogens with one attached hydrogen (secondary N) is 2. The fourth-order valence-corrected chi connectivity index (χ4v) is 13.6. The number of anilines is 1. The Morgan fingerprint density at radius 1 is 0.744 bits per heavy atom. The topological polar surface area (TPSA) is 281 Å². The Morgan fingerprint density at radius 2 is 1.44 bits per heavy atom. The monoisotopic (exact) mass is 1080 g/mol. The number of ether oxygens (including phenoxy) is 1. The van der Waals surface area contributed by atoms with E-state index in [4.69, 9.17) is 4.74 Å². The van der Waals surface area contributed by atoms with E-state index >= 15 is 0 Å². The predicted octanol–water partition coefficient (Wildman–Crippen LogP) is 2.06. The Hall–Kier alpha value is -6.17. The molecule has 3 aliphatic heterocycles. The number of piperidine rings is 1. The lowest BCUT2D eigenvalue weighted by Gasteiger charge is -2.63. The van der Waals surface area contributed by atoms with E-state index < -0.39 is 47.4 Å². The van der Waals surface area contributed by atoms with Crippen LogP contribution in [-0.2, 0) is 55.2 Å². The van der Waals surface area contributed by atoms with Crippen LogP contribution in [-0.4, -0.2) is 210 Å². The number of β-amino-alcohol motifs (C(OH)–C–C–N with tert-alkyl or cyclic N) is 2. The first-order valence-electron chi connectivity index (χ1n) is 27.7. The molecule has 5 atom stereocenters. The van der Waals surface area contributed by atoms with Gasteiger partial charge < -0.3 is 55.7 Å². The molecule has 3 aromatic carbocycles. The Balaban J connectivity index is 0.741. The van der Waals surface area contributed by atoms with Crippen molar-refractivity contribution in [2.24, 2.45) is 5.92 Å². The fraction of sp³-hybridized carbons (Fsp3) is 0.561. The number of carbonyl (C=O) groups excluding carboxylic acids is 2. The molecular weight excluding hydrogens is 1000 g/mol. The normalized spacial score (nSPS) is 24.9. The molecule has 3 fully saturated rings. The largest absolute Gasteiger partial charge is 0.504 e. The number of hydrogen-bond acceptors (Lipinski definition) is 15. The number of benzene rings is 3. The van der Waals surface area contributed by atoms with Gasteiger partial charge in [0.05, 0.1) is 36.3 Å². The number of aliphatic hydroxyl groups is 3. The first-order valence-corrected chi connectivity index (χ1v) is 27.7. The lowest BCUT2D eigenvalue weighted by molar-refractivity contribution is -0.173. The highest BCUT2D eigenvalue weighted by Crippen LogP contribution is 2.69. The molecule has 4 heterocycles. The van der Waals surface area contributed by atoms with Crippen molar-refractivity contribution in [3.8, 4) is 11.5 Å².